The maximum absolute atomic E-state index is 13.3. The molecular weight excluding hydrogens is 447 g/mol. The summed E-state index contributed by atoms with van der Waals surface area (Å²) in [5, 5.41) is 6.40. The normalized spacial score (nSPS) is 13.4. The van der Waals surface area contributed by atoms with Crippen molar-refractivity contribution in [3.63, 3.8) is 0 Å². The minimum absolute atomic E-state index is 0.284. The van der Waals surface area contributed by atoms with Crippen LogP contribution in [0.15, 0.2) is 77.6 Å². The zero-order chi connectivity index (χ0) is 23.5. The molecule has 1 saturated carbocycles. The Hall–Kier alpha value is -3.45. The Morgan fingerprint density at radius 3 is 2.38 bits per heavy atom. The van der Waals surface area contributed by atoms with Gasteiger partial charge in [-0.2, -0.15) is 16.9 Å². The van der Waals surface area contributed by atoms with Gasteiger partial charge in [0, 0.05) is 35.2 Å². The van der Waals surface area contributed by atoms with Gasteiger partial charge in [-0.25, -0.2) is 14.4 Å². The van der Waals surface area contributed by atoms with Crippen molar-refractivity contribution in [3.05, 3.63) is 79.0 Å². The van der Waals surface area contributed by atoms with E-state index in [-0.39, 0.29) is 5.82 Å². The molecule has 7 heteroatoms. The third-order valence-corrected chi connectivity index (χ3v) is 7.11. The quantitative estimate of drug-likeness (QED) is 0.282. The molecule has 0 N–H and O–H groups in total. The van der Waals surface area contributed by atoms with Crippen molar-refractivity contribution in [2.45, 2.75) is 24.5 Å². The van der Waals surface area contributed by atoms with E-state index < -0.39 is 0 Å². The summed E-state index contributed by atoms with van der Waals surface area (Å²) in [6, 6.07) is 18.1. The molecule has 34 heavy (non-hydrogen) atoms. The van der Waals surface area contributed by atoms with Crippen LogP contribution in [0.4, 0.5) is 4.39 Å². The smallest absolute Gasteiger partial charge is 0.230 e. The van der Waals surface area contributed by atoms with Gasteiger partial charge in [-0.15, -0.1) is 0 Å². The summed E-state index contributed by atoms with van der Waals surface area (Å²) in [6.07, 6.45) is 10.0. The first-order chi connectivity index (χ1) is 16.6. The maximum atomic E-state index is 13.3. The number of halogens is 1. The van der Waals surface area contributed by atoms with Crippen molar-refractivity contribution in [3.8, 4) is 33.8 Å². The van der Waals surface area contributed by atoms with Crippen molar-refractivity contribution in [1.29, 1.82) is 0 Å². The maximum Gasteiger partial charge on any atom is 0.230 e. The van der Waals surface area contributed by atoms with Crippen LogP contribution in [0.3, 0.4) is 0 Å². The summed E-state index contributed by atoms with van der Waals surface area (Å²) < 4.78 is 21.0. The lowest BCUT2D eigenvalue weighted by molar-refractivity contribution is 0.523. The molecule has 6 rings (SSSR count). The second kappa shape index (κ2) is 9.81. The van der Waals surface area contributed by atoms with Crippen molar-refractivity contribution in [2.24, 2.45) is 7.05 Å². The van der Waals surface area contributed by atoms with Crippen LogP contribution < -0.4 is 0 Å². The highest BCUT2D eigenvalue weighted by atomic mass is 32.2. The molecule has 5 nitrogen and oxygen atoms in total. The topological polar surface area (TPSA) is 56.7 Å². The summed E-state index contributed by atoms with van der Waals surface area (Å²) >= 11 is 2.01. The third kappa shape index (κ3) is 4.61. The number of hydrogen-bond acceptors (Lipinski definition) is 5. The van der Waals surface area contributed by atoms with Gasteiger partial charge in [-0.05, 0) is 49.4 Å². The fourth-order valence-electron chi connectivity index (χ4n) is 3.90. The van der Waals surface area contributed by atoms with Gasteiger partial charge in [0.15, 0.2) is 0 Å². The number of thioether (sulfide) groups is 1. The molecule has 1 fully saturated rings. The van der Waals surface area contributed by atoms with E-state index in [9.17, 15) is 4.39 Å². The van der Waals surface area contributed by atoms with E-state index in [4.69, 9.17) is 4.42 Å². The van der Waals surface area contributed by atoms with Crippen LogP contribution in [0, 0.1) is 5.82 Å². The number of fused-ring (bicyclic) bond motifs is 1. The summed E-state index contributed by atoms with van der Waals surface area (Å²) in [5.41, 5.74) is 4.58. The summed E-state index contributed by atoms with van der Waals surface area (Å²) in [7, 11) is 1.85. The van der Waals surface area contributed by atoms with Gasteiger partial charge in [0.25, 0.3) is 0 Å². The van der Waals surface area contributed by atoms with E-state index >= 15 is 0 Å². The van der Waals surface area contributed by atoms with Gasteiger partial charge >= 0.3 is 0 Å². The largest absolute Gasteiger partial charge is 0.438 e. The zero-order valence-corrected chi connectivity index (χ0v) is 19.9. The predicted octanol–water partition coefficient (Wildman–Crippen LogP) is 7.00. The Labute approximate surface area is 202 Å². The molecule has 0 spiro atoms. The second-order valence-electron chi connectivity index (χ2n) is 8.28. The first kappa shape index (κ1) is 22.3. The molecule has 0 radical (unpaired) electrons. The van der Waals surface area contributed by atoms with Gasteiger partial charge in [-0.1, -0.05) is 36.8 Å². The molecule has 0 aliphatic heterocycles. The Bertz CT molecular complexity index is 1390. The number of aryl methyl sites for hydroxylation is 1. The third-order valence-electron chi connectivity index (χ3n) is 5.97. The van der Waals surface area contributed by atoms with Crippen molar-refractivity contribution in [2.75, 3.05) is 6.26 Å². The molecule has 172 valence electrons. The molecule has 3 aromatic heterocycles. The van der Waals surface area contributed by atoms with Gasteiger partial charge in [0.2, 0.25) is 5.71 Å². The zero-order valence-electron chi connectivity index (χ0n) is 19.1. The van der Waals surface area contributed by atoms with E-state index in [1.54, 1.807) is 16.8 Å². The number of furan rings is 1. The van der Waals surface area contributed by atoms with E-state index in [0.717, 1.165) is 44.5 Å². The van der Waals surface area contributed by atoms with Crippen LogP contribution in [-0.4, -0.2) is 31.3 Å². The Balaban J connectivity index is 0.000000351. The number of nitrogens with zero attached hydrogens (tertiary/aromatic N) is 4. The molecule has 5 aromatic rings. The average Bonchev–Trinajstić information content (AvgIpc) is 3.43. The minimum atomic E-state index is -0.284. The van der Waals surface area contributed by atoms with Crippen molar-refractivity contribution in [1.82, 2.24) is 19.7 Å². The lowest BCUT2D eigenvalue weighted by Gasteiger charge is -2.22. The molecule has 1 aliphatic rings. The number of aromatic nitrogens is 4. The summed E-state index contributed by atoms with van der Waals surface area (Å²) in [5.74, 6) is 0.442. The summed E-state index contributed by atoms with van der Waals surface area (Å²) in [6.45, 7) is 0. The first-order valence-corrected chi connectivity index (χ1v) is 12.5. The molecule has 0 amide bonds. The first-order valence-electron chi connectivity index (χ1n) is 11.2. The van der Waals surface area contributed by atoms with Crippen LogP contribution in [-0.2, 0) is 7.05 Å². The van der Waals surface area contributed by atoms with Crippen LogP contribution in [0.2, 0.25) is 0 Å². The molecule has 3 heterocycles. The fourth-order valence-corrected chi connectivity index (χ4v) is 4.71. The van der Waals surface area contributed by atoms with Gasteiger partial charge in [0.1, 0.15) is 23.6 Å². The molecule has 1 aliphatic carbocycles. The van der Waals surface area contributed by atoms with Crippen LogP contribution >= 0.6 is 11.8 Å². The number of benzene rings is 2. The minimum Gasteiger partial charge on any atom is -0.438 e. The molecule has 2 aromatic carbocycles. The van der Waals surface area contributed by atoms with Crippen molar-refractivity contribution >= 4 is 22.9 Å². The lowest BCUT2D eigenvalue weighted by Crippen LogP contribution is -2.11. The average molecular weight is 473 g/mol. The highest BCUT2D eigenvalue weighted by molar-refractivity contribution is 7.99. The van der Waals surface area contributed by atoms with Crippen LogP contribution in [0.25, 0.3) is 44.9 Å². The standard InChI is InChI=1S/C22H15FN4O.C5H10S/c1-27-12-18(20(26-27)15-7-9-16(23)10-8-15)21-17-11-19(14-5-3-2-4-6-14)28-22(17)25-13-24-21;1-6-5-3-2-4-5/h2-13H,1H3;5H,2-4H2,1H3. The van der Waals surface area contributed by atoms with E-state index in [0.29, 0.717) is 5.71 Å². The van der Waals surface area contributed by atoms with Crippen LogP contribution in [0.1, 0.15) is 19.3 Å². The van der Waals surface area contributed by atoms with E-state index in [2.05, 4.69) is 21.3 Å². The van der Waals surface area contributed by atoms with Crippen molar-refractivity contribution < 1.29 is 8.81 Å². The fraction of sp³-hybridized carbons (Fsp3) is 0.222. The molecular formula is C27H25FN4OS. The highest BCUT2D eigenvalue weighted by Crippen LogP contribution is 2.36. The molecule has 0 atom stereocenters. The predicted molar refractivity (Wildman–Crippen MR) is 136 cm³/mol. The number of rotatable bonds is 4. The molecule has 0 saturated heterocycles. The Kier molecular flexibility index (Phi) is 6.45. The molecule has 0 unspecified atom stereocenters. The van der Waals surface area contributed by atoms with Gasteiger partial charge in [-0.3, -0.25) is 4.68 Å². The van der Waals surface area contributed by atoms with E-state index in [1.807, 2.05) is 61.4 Å². The van der Waals surface area contributed by atoms with Crippen LogP contribution in [0.5, 0.6) is 0 Å². The molecule has 0 bridgehead atoms. The highest BCUT2D eigenvalue weighted by Gasteiger charge is 2.19. The summed E-state index contributed by atoms with van der Waals surface area (Å²) in [4.78, 5) is 8.78. The Morgan fingerprint density at radius 1 is 0.971 bits per heavy atom. The second-order valence-corrected chi connectivity index (χ2v) is 9.42. The monoisotopic (exact) mass is 472 g/mol. The van der Waals surface area contributed by atoms with Gasteiger partial charge < -0.3 is 4.42 Å². The van der Waals surface area contributed by atoms with Gasteiger partial charge in [0.05, 0.1) is 11.1 Å². The number of hydrogen-bond donors (Lipinski definition) is 0. The SMILES string of the molecule is CSC1CCC1.Cn1cc(-c2ncnc3oc(-c4ccccc4)cc23)c(-c2ccc(F)cc2)n1. The van der Waals surface area contributed by atoms with E-state index in [1.165, 1.54) is 37.7 Å². The Morgan fingerprint density at radius 2 is 1.74 bits per heavy atom. The lowest BCUT2D eigenvalue weighted by atomic mass is 10.0.